The van der Waals surface area contributed by atoms with Gasteiger partial charge < -0.3 is 29.9 Å². The zero-order valence-electron chi connectivity index (χ0n) is 20.6. The van der Waals surface area contributed by atoms with Crippen LogP contribution in [-0.2, 0) is 15.7 Å². The van der Waals surface area contributed by atoms with Crippen molar-refractivity contribution in [2.75, 3.05) is 6.61 Å². The minimum absolute atomic E-state index is 0.00903. The summed E-state index contributed by atoms with van der Waals surface area (Å²) in [5.41, 5.74) is -0.885. The summed E-state index contributed by atoms with van der Waals surface area (Å²) < 4.78 is 48.8. The number of rotatable bonds is 13. The molecule has 0 spiro atoms. The zero-order valence-corrected chi connectivity index (χ0v) is 20.6. The number of benzene rings is 1. The van der Waals surface area contributed by atoms with Crippen LogP contribution in [-0.4, -0.2) is 63.5 Å². The summed E-state index contributed by atoms with van der Waals surface area (Å²) in [4.78, 5) is 11.6. The van der Waals surface area contributed by atoms with Gasteiger partial charge in [-0.15, -0.1) is 0 Å². The number of halogens is 3. The average molecular weight is 519 g/mol. The lowest BCUT2D eigenvalue weighted by Crippen LogP contribution is -2.36. The lowest BCUT2D eigenvalue weighted by atomic mass is 9.85. The monoisotopic (exact) mass is 518 g/mol. The molecule has 1 aromatic carbocycles. The number of ether oxygens (including phenoxy) is 2. The van der Waals surface area contributed by atoms with E-state index in [0.29, 0.717) is 25.7 Å². The van der Waals surface area contributed by atoms with Crippen molar-refractivity contribution in [2.45, 2.75) is 89.1 Å². The largest absolute Gasteiger partial charge is 0.491 e. The van der Waals surface area contributed by atoms with E-state index in [0.717, 1.165) is 12.1 Å². The summed E-state index contributed by atoms with van der Waals surface area (Å²) in [7, 11) is 0. The Labute approximate surface area is 209 Å². The molecule has 4 N–H and O–H groups in total. The van der Waals surface area contributed by atoms with E-state index in [4.69, 9.17) is 9.47 Å². The van der Waals surface area contributed by atoms with E-state index in [9.17, 15) is 38.4 Å². The second-order valence-electron chi connectivity index (χ2n) is 9.54. The van der Waals surface area contributed by atoms with Crippen LogP contribution in [0.2, 0.25) is 0 Å². The van der Waals surface area contributed by atoms with Gasteiger partial charge in [0.1, 0.15) is 18.5 Å². The Morgan fingerprint density at radius 1 is 1.11 bits per heavy atom. The summed E-state index contributed by atoms with van der Waals surface area (Å²) >= 11 is 0. The predicted molar refractivity (Wildman–Crippen MR) is 126 cm³/mol. The number of carbonyl (C=O) groups excluding carboxylic acids is 1. The highest BCUT2D eigenvalue weighted by Gasteiger charge is 2.42. The standard InChI is InChI=1S/C26H37F3O7/c1-16(2)36-25(34)11-6-4-3-5-10-19-20(22(31)14-21(19)30)13-23(32)24(33)15-35-18-9-7-8-17(12-18)26(27,28)29/h3,5,7-9,12,16,19-24,30-33H,4,6,10-11,13-15H2,1-2H3/b5-3-/t19-,20-,21+,22-,23+,24+/m1/s1. The SMILES string of the molecule is CC(C)OC(=O)CCC/C=C\C[C@@H]1[C@@H](C[C@H](O)[C@@H](O)COc2cccc(C(F)(F)F)c2)[C@H](O)C[C@@H]1O. The number of carbonyl (C=O) groups is 1. The molecule has 0 aliphatic heterocycles. The lowest BCUT2D eigenvalue weighted by molar-refractivity contribution is -0.147. The number of hydrogen-bond donors (Lipinski definition) is 4. The second kappa shape index (κ2) is 14.0. The topological polar surface area (TPSA) is 116 Å². The third-order valence-corrected chi connectivity index (χ3v) is 6.26. The molecule has 6 atom stereocenters. The maximum absolute atomic E-state index is 12.8. The lowest BCUT2D eigenvalue weighted by Gasteiger charge is -2.27. The van der Waals surface area contributed by atoms with E-state index in [1.54, 1.807) is 13.8 Å². The minimum atomic E-state index is -4.53. The normalized spacial score (nSPS) is 24.3. The van der Waals surface area contributed by atoms with E-state index < -0.39 is 48.7 Å². The van der Waals surface area contributed by atoms with Gasteiger partial charge in [0.15, 0.2) is 0 Å². The first-order valence-electron chi connectivity index (χ1n) is 12.2. The molecule has 0 aromatic heterocycles. The van der Waals surface area contributed by atoms with Crippen LogP contribution in [0.3, 0.4) is 0 Å². The van der Waals surface area contributed by atoms with Gasteiger partial charge in [-0.05, 0) is 76.0 Å². The molecule has 0 radical (unpaired) electrons. The molecule has 204 valence electrons. The number of allylic oxidation sites excluding steroid dienone is 2. The van der Waals surface area contributed by atoms with E-state index in [2.05, 4.69) is 0 Å². The van der Waals surface area contributed by atoms with Crippen molar-refractivity contribution in [2.24, 2.45) is 11.8 Å². The Morgan fingerprint density at radius 2 is 1.81 bits per heavy atom. The molecule has 0 saturated heterocycles. The molecule has 0 unspecified atom stereocenters. The first-order valence-corrected chi connectivity index (χ1v) is 12.2. The van der Waals surface area contributed by atoms with Crippen LogP contribution in [0.25, 0.3) is 0 Å². The zero-order chi connectivity index (χ0) is 26.9. The summed E-state index contributed by atoms with van der Waals surface area (Å²) in [5.74, 6) is -1.16. The highest BCUT2D eigenvalue weighted by Crippen LogP contribution is 2.38. The maximum Gasteiger partial charge on any atom is 0.416 e. The molecule has 0 heterocycles. The Kier molecular flexibility index (Phi) is 11.7. The van der Waals surface area contributed by atoms with Gasteiger partial charge in [0, 0.05) is 6.42 Å². The summed E-state index contributed by atoms with van der Waals surface area (Å²) in [5, 5.41) is 41.5. The van der Waals surface area contributed by atoms with Gasteiger partial charge in [-0.2, -0.15) is 13.2 Å². The van der Waals surface area contributed by atoms with Crippen LogP contribution in [0.15, 0.2) is 36.4 Å². The Balaban J connectivity index is 1.83. The molecule has 7 nitrogen and oxygen atoms in total. The summed E-state index contributed by atoms with van der Waals surface area (Å²) in [6, 6.07) is 4.22. The fourth-order valence-electron chi connectivity index (χ4n) is 4.38. The number of hydrogen-bond acceptors (Lipinski definition) is 7. The fraction of sp³-hybridized carbons (Fsp3) is 0.654. The molecule has 1 aromatic rings. The van der Waals surface area contributed by atoms with Crippen LogP contribution >= 0.6 is 0 Å². The van der Waals surface area contributed by atoms with Crippen molar-refractivity contribution in [3.8, 4) is 5.75 Å². The smallest absolute Gasteiger partial charge is 0.416 e. The summed E-state index contributed by atoms with van der Waals surface area (Å²) in [6.45, 7) is 3.14. The molecule has 1 aliphatic rings. The quantitative estimate of drug-likeness (QED) is 0.179. The van der Waals surface area contributed by atoms with Gasteiger partial charge in [0.25, 0.3) is 0 Å². The molecular formula is C26H37F3O7. The van der Waals surface area contributed by atoms with Crippen molar-refractivity contribution in [1.82, 2.24) is 0 Å². The molecule has 0 bridgehead atoms. The molecule has 0 amide bonds. The van der Waals surface area contributed by atoms with Gasteiger partial charge in [-0.25, -0.2) is 0 Å². The number of aliphatic hydroxyl groups is 4. The van der Waals surface area contributed by atoms with Crippen LogP contribution in [0, 0.1) is 11.8 Å². The van der Waals surface area contributed by atoms with E-state index in [-0.39, 0.29) is 36.6 Å². The van der Waals surface area contributed by atoms with Crippen molar-refractivity contribution < 1.29 is 47.9 Å². The molecule has 1 aliphatic carbocycles. The Hall–Kier alpha value is -2.14. The van der Waals surface area contributed by atoms with Gasteiger partial charge in [0.05, 0.1) is 30.0 Å². The second-order valence-corrected chi connectivity index (χ2v) is 9.54. The third kappa shape index (κ3) is 9.72. The molecule has 1 fully saturated rings. The predicted octanol–water partition coefficient (Wildman–Crippen LogP) is 3.62. The van der Waals surface area contributed by atoms with Crippen molar-refractivity contribution in [1.29, 1.82) is 0 Å². The number of unbranched alkanes of at least 4 members (excludes halogenated alkanes) is 1. The van der Waals surface area contributed by atoms with Gasteiger partial charge in [-0.3, -0.25) is 4.79 Å². The van der Waals surface area contributed by atoms with Crippen molar-refractivity contribution in [3.05, 3.63) is 42.0 Å². The third-order valence-electron chi connectivity index (χ3n) is 6.26. The van der Waals surface area contributed by atoms with E-state index in [1.165, 1.54) is 12.1 Å². The molecule has 2 rings (SSSR count). The van der Waals surface area contributed by atoms with Crippen molar-refractivity contribution in [3.63, 3.8) is 0 Å². The van der Waals surface area contributed by atoms with E-state index in [1.807, 2.05) is 12.2 Å². The first-order chi connectivity index (χ1) is 16.9. The molecule has 36 heavy (non-hydrogen) atoms. The molecule has 10 heteroatoms. The number of alkyl halides is 3. The Morgan fingerprint density at radius 3 is 2.47 bits per heavy atom. The Bertz CT molecular complexity index is 843. The minimum Gasteiger partial charge on any atom is -0.491 e. The number of aliphatic hydroxyl groups excluding tert-OH is 4. The average Bonchev–Trinajstić information content (AvgIpc) is 3.05. The molecular weight excluding hydrogens is 481 g/mol. The first kappa shape index (κ1) is 30.1. The van der Waals surface area contributed by atoms with Gasteiger partial charge >= 0.3 is 12.1 Å². The maximum atomic E-state index is 12.8. The van der Waals surface area contributed by atoms with Crippen LogP contribution in [0.4, 0.5) is 13.2 Å². The molecule has 1 saturated carbocycles. The van der Waals surface area contributed by atoms with Crippen LogP contribution in [0.1, 0.15) is 57.9 Å². The van der Waals surface area contributed by atoms with Gasteiger partial charge in [0.2, 0.25) is 0 Å². The van der Waals surface area contributed by atoms with Crippen LogP contribution < -0.4 is 4.74 Å². The highest BCUT2D eigenvalue weighted by molar-refractivity contribution is 5.69. The highest BCUT2D eigenvalue weighted by atomic mass is 19.4. The van der Waals surface area contributed by atoms with Crippen molar-refractivity contribution >= 4 is 5.97 Å². The van der Waals surface area contributed by atoms with E-state index >= 15 is 0 Å². The number of esters is 1. The fourth-order valence-corrected chi connectivity index (χ4v) is 4.38. The van der Waals surface area contributed by atoms with Crippen LogP contribution in [0.5, 0.6) is 5.75 Å². The van der Waals surface area contributed by atoms with Gasteiger partial charge in [-0.1, -0.05) is 18.2 Å². The summed E-state index contributed by atoms with van der Waals surface area (Å²) in [6.07, 6.45) is -3.10.